The van der Waals surface area contributed by atoms with Crippen LogP contribution >= 0.6 is 11.3 Å². The van der Waals surface area contributed by atoms with E-state index in [1.807, 2.05) is 5.38 Å². The number of carbonyl (C=O) groups excluding carboxylic acids is 1. The number of hydrogen-bond donors (Lipinski definition) is 1. The summed E-state index contributed by atoms with van der Waals surface area (Å²) in [6.07, 6.45) is 3.27. The molecule has 0 spiro atoms. The monoisotopic (exact) mass is 208 g/mol. The molecule has 2 heterocycles. The van der Waals surface area contributed by atoms with Crippen molar-refractivity contribution in [1.82, 2.24) is 14.8 Å². The van der Waals surface area contributed by atoms with Crippen LogP contribution in [0.4, 0.5) is 0 Å². The van der Waals surface area contributed by atoms with Crippen LogP contribution < -0.4 is 5.73 Å². The predicted molar refractivity (Wildman–Crippen MR) is 52.0 cm³/mol. The summed E-state index contributed by atoms with van der Waals surface area (Å²) in [5, 5.41) is 6.77. The molecule has 0 radical (unpaired) electrons. The van der Waals surface area contributed by atoms with Gasteiger partial charge in [0.1, 0.15) is 10.7 Å². The summed E-state index contributed by atoms with van der Waals surface area (Å²) in [6.45, 7) is 0.489. The highest BCUT2D eigenvalue weighted by atomic mass is 32.1. The molecule has 2 rings (SSSR count). The minimum atomic E-state index is -0.473. The first kappa shape index (κ1) is 8.89. The second-order valence-electron chi connectivity index (χ2n) is 2.66. The van der Waals surface area contributed by atoms with Gasteiger partial charge in [-0.2, -0.15) is 5.10 Å². The number of primary amides is 1. The van der Waals surface area contributed by atoms with E-state index in [9.17, 15) is 4.79 Å². The van der Waals surface area contributed by atoms with Crippen LogP contribution in [-0.4, -0.2) is 20.7 Å². The maximum absolute atomic E-state index is 11.0. The van der Waals surface area contributed by atoms with E-state index in [1.165, 1.54) is 11.3 Å². The molecular formula is C8H8N4OS. The molecule has 14 heavy (non-hydrogen) atoms. The molecule has 5 nitrogen and oxygen atoms in total. The van der Waals surface area contributed by atoms with E-state index in [-0.39, 0.29) is 0 Å². The van der Waals surface area contributed by atoms with E-state index in [0.717, 1.165) is 5.01 Å². The highest BCUT2D eigenvalue weighted by Gasteiger charge is 2.08. The number of hydrogen-bond acceptors (Lipinski definition) is 4. The van der Waals surface area contributed by atoms with Gasteiger partial charge in [0.05, 0.1) is 6.54 Å². The third kappa shape index (κ3) is 1.64. The molecule has 6 heteroatoms. The Bertz CT molecular complexity index is 434. The predicted octanol–water partition coefficient (Wildman–Crippen LogP) is 0.487. The van der Waals surface area contributed by atoms with Crippen LogP contribution in [0, 0.1) is 0 Å². The number of amides is 1. The Morgan fingerprint density at radius 2 is 2.43 bits per heavy atom. The summed E-state index contributed by atoms with van der Waals surface area (Å²) in [7, 11) is 0. The molecule has 0 saturated carbocycles. The molecule has 0 fully saturated rings. The van der Waals surface area contributed by atoms with Crippen LogP contribution in [0.3, 0.4) is 0 Å². The zero-order valence-electron chi connectivity index (χ0n) is 7.25. The average molecular weight is 208 g/mol. The van der Waals surface area contributed by atoms with Gasteiger partial charge in [0, 0.05) is 17.8 Å². The zero-order chi connectivity index (χ0) is 9.97. The third-order valence-corrected chi connectivity index (χ3v) is 2.50. The van der Waals surface area contributed by atoms with Crippen LogP contribution in [0.25, 0.3) is 0 Å². The zero-order valence-corrected chi connectivity index (χ0v) is 8.07. The fourth-order valence-electron chi connectivity index (χ4n) is 1.13. The molecule has 0 unspecified atom stereocenters. The van der Waals surface area contributed by atoms with E-state index >= 15 is 0 Å². The van der Waals surface area contributed by atoms with E-state index in [1.54, 1.807) is 23.1 Å². The van der Waals surface area contributed by atoms with Gasteiger partial charge in [0.25, 0.3) is 5.91 Å². The van der Waals surface area contributed by atoms with Crippen molar-refractivity contribution in [2.45, 2.75) is 6.54 Å². The number of carbonyl (C=O) groups is 1. The Kier molecular flexibility index (Phi) is 2.28. The van der Waals surface area contributed by atoms with Gasteiger partial charge in [0.2, 0.25) is 0 Å². The van der Waals surface area contributed by atoms with Crippen LogP contribution in [0.1, 0.15) is 15.5 Å². The fraction of sp³-hybridized carbons (Fsp3) is 0.125. The van der Waals surface area contributed by atoms with Crippen molar-refractivity contribution < 1.29 is 4.79 Å². The van der Waals surface area contributed by atoms with Gasteiger partial charge >= 0.3 is 0 Å². The highest BCUT2D eigenvalue weighted by Crippen LogP contribution is 2.07. The van der Waals surface area contributed by atoms with Gasteiger partial charge in [-0.15, -0.1) is 11.3 Å². The Morgan fingerprint density at radius 3 is 3.07 bits per heavy atom. The number of nitrogens with two attached hydrogens (primary N) is 1. The highest BCUT2D eigenvalue weighted by molar-refractivity contribution is 7.09. The molecule has 0 saturated heterocycles. The summed E-state index contributed by atoms with van der Waals surface area (Å²) < 4.78 is 1.54. The third-order valence-electron chi connectivity index (χ3n) is 1.74. The molecule has 72 valence electrons. The fourth-order valence-corrected chi connectivity index (χ4v) is 1.72. The summed E-state index contributed by atoms with van der Waals surface area (Å²) in [5.41, 5.74) is 5.57. The average Bonchev–Trinajstić information content (AvgIpc) is 2.75. The van der Waals surface area contributed by atoms with E-state index in [4.69, 9.17) is 5.73 Å². The quantitative estimate of drug-likeness (QED) is 0.797. The molecule has 2 aromatic heterocycles. The normalized spacial score (nSPS) is 10.3. The summed E-state index contributed by atoms with van der Waals surface area (Å²) in [4.78, 5) is 15.1. The minimum absolute atomic E-state index is 0.403. The molecule has 0 aliphatic carbocycles. The number of rotatable bonds is 3. The first-order chi connectivity index (χ1) is 6.77. The molecular weight excluding hydrogens is 200 g/mol. The molecule has 0 bridgehead atoms. The van der Waals surface area contributed by atoms with Crippen LogP contribution in [0.2, 0.25) is 0 Å². The van der Waals surface area contributed by atoms with E-state index < -0.39 is 5.91 Å². The van der Waals surface area contributed by atoms with Crippen molar-refractivity contribution in [2.24, 2.45) is 5.73 Å². The second-order valence-corrected chi connectivity index (χ2v) is 3.64. The first-order valence-corrected chi connectivity index (χ1v) is 4.85. The number of nitrogens with zero attached hydrogens (tertiary/aromatic N) is 3. The Hall–Kier alpha value is -1.69. The molecule has 2 N–H and O–H groups in total. The number of thiazole rings is 1. The van der Waals surface area contributed by atoms with Crippen LogP contribution in [0.5, 0.6) is 0 Å². The second kappa shape index (κ2) is 3.59. The van der Waals surface area contributed by atoms with Gasteiger partial charge in [-0.25, -0.2) is 4.98 Å². The molecule has 1 amide bonds. The summed E-state index contributed by atoms with van der Waals surface area (Å²) in [5.74, 6) is -0.473. The SMILES string of the molecule is NC(=O)c1ccnn1Cc1nccs1. The molecule has 0 aliphatic heterocycles. The van der Waals surface area contributed by atoms with Crippen molar-refractivity contribution >= 4 is 17.2 Å². The smallest absolute Gasteiger partial charge is 0.266 e. The van der Waals surface area contributed by atoms with Gasteiger partial charge < -0.3 is 5.73 Å². The van der Waals surface area contributed by atoms with E-state index in [2.05, 4.69) is 10.1 Å². The van der Waals surface area contributed by atoms with Gasteiger partial charge in [-0.1, -0.05) is 0 Å². The van der Waals surface area contributed by atoms with Crippen LogP contribution in [-0.2, 0) is 6.54 Å². The lowest BCUT2D eigenvalue weighted by atomic mass is 10.4. The lowest BCUT2D eigenvalue weighted by Crippen LogP contribution is -2.18. The molecule has 0 atom stereocenters. The maximum atomic E-state index is 11.0. The molecule has 0 aliphatic rings. The van der Waals surface area contributed by atoms with E-state index in [0.29, 0.717) is 12.2 Å². The Balaban J connectivity index is 2.25. The Labute approximate surface area is 84.2 Å². The minimum Gasteiger partial charge on any atom is -0.364 e. The molecule has 2 aromatic rings. The van der Waals surface area contributed by atoms with Gasteiger partial charge in [-0.05, 0) is 6.07 Å². The van der Waals surface area contributed by atoms with Crippen LogP contribution in [0.15, 0.2) is 23.8 Å². The van der Waals surface area contributed by atoms with Crippen molar-refractivity contribution in [3.8, 4) is 0 Å². The topological polar surface area (TPSA) is 73.8 Å². The molecule has 0 aromatic carbocycles. The number of aromatic nitrogens is 3. The summed E-state index contributed by atoms with van der Waals surface area (Å²) >= 11 is 1.52. The lowest BCUT2D eigenvalue weighted by molar-refractivity contribution is 0.0990. The maximum Gasteiger partial charge on any atom is 0.266 e. The van der Waals surface area contributed by atoms with Crippen molar-refractivity contribution in [3.05, 3.63) is 34.5 Å². The van der Waals surface area contributed by atoms with Gasteiger partial charge in [-0.3, -0.25) is 9.48 Å². The van der Waals surface area contributed by atoms with Crippen molar-refractivity contribution in [3.63, 3.8) is 0 Å². The van der Waals surface area contributed by atoms with Crippen molar-refractivity contribution in [1.29, 1.82) is 0 Å². The van der Waals surface area contributed by atoms with Gasteiger partial charge in [0.15, 0.2) is 0 Å². The lowest BCUT2D eigenvalue weighted by Gasteiger charge is -2.01. The Morgan fingerprint density at radius 1 is 1.57 bits per heavy atom. The van der Waals surface area contributed by atoms with Crippen molar-refractivity contribution in [2.75, 3.05) is 0 Å². The first-order valence-electron chi connectivity index (χ1n) is 3.97. The largest absolute Gasteiger partial charge is 0.364 e. The summed E-state index contributed by atoms with van der Waals surface area (Å²) in [6, 6.07) is 1.59. The standard InChI is InChI=1S/C8H8N4OS/c9-8(13)6-1-2-11-12(6)5-7-10-3-4-14-7/h1-4H,5H2,(H2,9,13).